The fourth-order valence-electron chi connectivity index (χ4n) is 6.10. The van der Waals surface area contributed by atoms with E-state index in [-0.39, 0.29) is 23.2 Å². The van der Waals surface area contributed by atoms with Gasteiger partial charge in [-0.15, -0.1) is 23.5 Å². The largest absolute Gasteiger partial charge is 0.321 e. The number of hydrogen-bond donors (Lipinski definition) is 2. The first-order valence-electron chi connectivity index (χ1n) is 18.4. The van der Waals surface area contributed by atoms with E-state index >= 15 is 0 Å². The predicted molar refractivity (Wildman–Crippen MR) is 242 cm³/mol. The summed E-state index contributed by atoms with van der Waals surface area (Å²) in [6.45, 7) is 0. The number of pyridine rings is 1. The van der Waals surface area contributed by atoms with Crippen LogP contribution in [0.3, 0.4) is 0 Å². The van der Waals surface area contributed by atoms with Gasteiger partial charge in [0.2, 0.25) is 0 Å². The molecule has 0 spiro atoms. The first-order chi connectivity index (χ1) is 27.6. The summed E-state index contributed by atoms with van der Waals surface area (Å²) in [6.07, 6.45) is 2.14. The SMILES string of the molecule is O=C(Nc1ccc(SCCP(c2ccccc2)c2ccccc2)cc1)c1cccc(C(=O)Nc2ccc(SCCP(c3ccccc3)c3ccccc3)cc2)n1. The van der Waals surface area contributed by atoms with Gasteiger partial charge < -0.3 is 10.6 Å². The van der Waals surface area contributed by atoms with Crippen LogP contribution in [0.15, 0.2) is 198 Å². The average Bonchev–Trinajstić information content (AvgIpc) is 3.26. The van der Waals surface area contributed by atoms with Gasteiger partial charge in [-0.1, -0.05) is 127 Å². The van der Waals surface area contributed by atoms with Crippen molar-refractivity contribution in [3.63, 3.8) is 0 Å². The van der Waals surface area contributed by atoms with E-state index in [0.29, 0.717) is 11.4 Å². The zero-order chi connectivity index (χ0) is 38.4. The summed E-state index contributed by atoms with van der Waals surface area (Å²) in [5.41, 5.74) is 1.68. The van der Waals surface area contributed by atoms with Gasteiger partial charge in [-0.05, 0) is 110 Å². The monoisotopic (exact) mass is 805 g/mol. The van der Waals surface area contributed by atoms with Crippen molar-refractivity contribution in [1.82, 2.24) is 4.98 Å². The number of nitrogens with one attached hydrogen (secondary N) is 2. The van der Waals surface area contributed by atoms with E-state index in [9.17, 15) is 9.59 Å². The molecule has 9 heteroatoms. The Morgan fingerprint density at radius 3 is 1.05 bits per heavy atom. The van der Waals surface area contributed by atoms with Gasteiger partial charge in [-0.2, -0.15) is 0 Å². The summed E-state index contributed by atoms with van der Waals surface area (Å²) in [7, 11) is -0.890. The third-order valence-corrected chi connectivity index (χ3v) is 16.5. The second-order valence-electron chi connectivity index (χ2n) is 12.7. The number of thioether (sulfide) groups is 2. The molecule has 7 aromatic rings. The van der Waals surface area contributed by atoms with Gasteiger partial charge in [0, 0.05) is 32.7 Å². The van der Waals surface area contributed by atoms with Crippen molar-refractivity contribution >= 4 is 83.8 Å². The third kappa shape index (κ3) is 11.1. The number of amides is 2. The van der Waals surface area contributed by atoms with Gasteiger partial charge in [-0.3, -0.25) is 9.59 Å². The Bertz CT molecular complexity index is 2060. The second kappa shape index (κ2) is 20.2. The molecule has 0 atom stereocenters. The topological polar surface area (TPSA) is 71.1 Å². The molecule has 1 heterocycles. The van der Waals surface area contributed by atoms with E-state index in [0.717, 1.165) is 33.6 Å². The van der Waals surface area contributed by atoms with Crippen molar-refractivity contribution in [3.8, 4) is 0 Å². The Balaban J connectivity index is 0.887. The Hall–Kier alpha value is -5.03. The molecule has 2 N–H and O–H groups in total. The Labute approximate surface area is 340 Å². The molecule has 0 aliphatic rings. The van der Waals surface area contributed by atoms with Crippen LogP contribution in [0.2, 0.25) is 0 Å². The Morgan fingerprint density at radius 1 is 0.411 bits per heavy atom. The molecule has 6 aromatic carbocycles. The minimum atomic E-state index is -0.445. The lowest BCUT2D eigenvalue weighted by Gasteiger charge is -2.18. The molecule has 2 amide bonds. The van der Waals surface area contributed by atoms with Crippen molar-refractivity contribution < 1.29 is 9.59 Å². The Morgan fingerprint density at radius 2 is 0.732 bits per heavy atom. The number of hydrogen-bond acceptors (Lipinski definition) is 5. The molecule has 56 heavy (non-hydrogen) atoms. The summed E-state index contributed by atoms with van der Waals surface area (Å²) < 4.78 is 0. The van der Waals surface area contributed by atoms with Crippen molar-refractivity contribution in [2.45, 2.75) is 9.79 Å². The summed E-state index contributed by atoms with van der Waals surface area (Å²) in [6, 6.07) is 63.7. The van der Waals surface area contributed by atoms with Gasteiger partial charge in [0.1, 0.15) is 11.4 Å². The zero-order valence-electron chi connectivity index (χ0n) is 30.7. The first kappa shape index (κ1) is 39.2. The highest BCUT2D eigenvalue weighted by atomic mass is 32.2. The summed E-state index contributed by atoms with van der Waals surface area (Å²) in [5, 5.41) is 11.4. The van der Waals surface area contributed by atoms with Crippen LogP contribution in [-0.4, -0.2) is 40.6 Å². The van der Waals surface area contributed by atoms with Crippen molar-refractivity contribution in [1.29, 1.82) is 0 Å². The van der Waals surface area contributed by atoms with Crippen molar-refractivity contribution in [2.24, 2.45) is 0 Å². The van der Waals surface area contributed by atoms with E-state index < -0.39 is 15.8 Å². The minimum absolute atomic E-state index is 0.170. The van der Waals surface area contributed by atoms with Gasteiger partial charge in [0.25, 0.3) is 11.8 Å². The lowest BCUT2D eigenvalue weighted by Crippen LogP contribution is -2.18. The van der Waals surface area contributed by atoms with Crippen LogP contribution in [0.4, 0.5) is 11.4 Å². The molecule has 0 radical (unpaired) electrons. The number of anilines is 2. The van der Waals surface area contributed by atoms with Crippen LogP contribution in [0, 0.1) is 0 Å². The van der Waals surface area contributed by atoms with Gasteiger partial charge >= 0.3 is 0 Å². The highest BCUT2D eigenvalue weighted by Crippen LogP contribution is 2.36. The second-order valence-corrected chi connectivity index (χ2v) is 19.7. The molecule has 1 aromatic heterocycles. The fraction of sp³-hybridized carbons (Fsp3) is 0.0851. The number of benzene rings is 6. The first-order valence-corrected chi connectivity index (χ1v) is 23.4. The van der Waals surface area contributed by atoms with Crippen molar-refractivity contribution in [2.75, 3.05) is 34.5 Å². The van der Waals surface area contributed by atoms with Crippen LogP contribution in [0.25, 0.3) is 0 Å². The van der Waals surface area contributed by atoms with E-state index in [2.05, 4.69) is 137 Å². The summed E-state index contributed by atoms with van der Waals surface area (Å²) >= 11 is 3.63. The van der Waals surface area contributed by atoms with Crippen LogP contribution in [0.1, 0.15) is 21.0 Å². The van der Waals surface area contributed by atoms with Gasteiger partial charge in [0.15, 0.2) is 0 Å². The minimum Gasteiger partial charge on any atom is -0.321 e. The maximum atomic E-state index is 13.2. The normalized spacial score (nSPS) is 11.0. The van der Waals surface area contributed by atoms with Gasteiger partial charge in [0.05, 0.1) is 0 Å². The van der Waals surface area contributed by atoms with E-state index in [1.807, 2.05) is 72.1 Å². The molecule has 0 saturated heterocycles. The standard InChI is InChI=1S/C47H41N3O2P2S2/c51-46(48-36-24-28-42(29-25-36)55-34-32-53(38-14-5-1-6-15-38)39-16-7-2-8-17-39)44-22-13-23-45(50-44)47(52)49-37-26-30-43(31-27-37)56-35-33-54(40-18-9-3-10-19-40)41-20-11-4-12-21-41/h1-31H,32-35H2,(H,48,51)(H,49,52). The summed E-state index contributed by atoms with van der Waals surface area (Å²) in [4.78, 5) is 33.0. The van der Waals surface area contributed by atoms with E-state index in [1.165, 1.54) is 21.2 Å². The van der Waals surface area contributed by atoms with E-state index in [1.54, 1.807) is 18.2 Å². The molecule has 5 nitrogen and oxygen atoms in total. The lowest BCUT2D eigenvalue weighted by molar-refractivity contribution is 0.101. The molecule has 0 saturated carbocycles. The Kier molecular flexibility index (Phi) is 14.2. The highest BCUT2D eigenvalue weighted by molar-refractivity contribution is 8.00. The van der Waals surface area contributed by atoms with Crippen LogP contribution >= 0.6 is 39.4 Å². The molecule has 0 aliphatic carbocycles. The quantitative estimate of drug-likeness (QED) is 0.0752. The maximum absolute atomic E-state index is 13.2. The number of nitrogens with zero attached hydrogens (tertiary/aromatic N) is 1. The van der Waals surface area contributed by atoms with Crippen LogP contribution in [0.5, 0.6) is 0 Å². The predicted octanol–water partition coefficient (Wildman–Crippen LogP) is 10.0. The molecule has 278 valence electrons. The fourth-order valence-corrected chi connectivity index (χ4v) is 13.2. The number of carbonyl (C=O) groups excluding carboxylic acids is 2. The number of aromatic nitrogens is 1. The van der Waals surface area contributed by atoms with Crippen LogP contribution < -0.4 is 31.9 Å². The van der Waals surface area contributed by atoms with Gasteiger partial charge in [-0.25, -0.2) is 4.98 Å². The smallest absolute Gasteiger partial charge is 0.274 e. The van der Waals surface area contributed by atoms with Crippen molar-refractivity contribution in [3.05, 3.63) is 199 Å². The average molecular weight is 806 g/mol. The molecular weight excluding hydrogens is 765 g/mol. The molecule has 7 rings (SSSR count). The molecular formula is C47H41N3O2P2S2. The number of carbonyl (C=O) groups is 2. The third-order valence-electron chi connectivity index (χ3n) is 8.88. The molecule has 0 bridgehead atoms. The molecule has 0 aliphatic heterocycles. The molecule has 0 unspecified atom stereocenters. The zero-order valence-corrected chi connectivity index (χ0v) is 34.1. The summed E-state index contributed by atoms with van der Waals surface area (Å²) in [5.74, 6) is 1.21. The van der Waals surface area contributed by atoms with E-state index in [4.69, 9.17) is 0 Å². The number of rotatable bonds is 16. The highest BCUT2D eigenvalue weighted by Gasteiger charge is 2.16. The van der Waals surface area contributed by atoms with Crippen LogP contribution in [-0.2, 0) is 0 Å². The maximum Gasteiger partial charge on any atom is 0.274 e. The lowest BCUT2D eigenvalue weighted by atomic mass is 10.2. The molecule has 0 fully saturated rings.